The van der Waals surface area contributed by atoms with Crippen molar-refractivity contribution in [1.29, 1.82) is 0 Å². The Morgan fingerprint density at radius 3 is 2.62 bits per heavy atom. The van der Waals surface area contributed by atoms with Gasteiger partial charge in [-0.25, -0.2) is 0 Å². The van der Waals surface area contributed by atoms with Crippen LogP contribution in [0.15, 0.2) is 6.07 Å². The topological polar surface area (TPSA) is 89.8 Å². The summed E-state index contributed by atoms with van der Waals surface area (Å²) in [5.41, 5.74) is 11.6. The fourth-order valence-electron chi connectivity index (χ4n) is 2.19. The summed E-state index contributed by atoms with van der Waals surface area (Å²) in [6.45, 7) is 3.18. The van der Waals surface area contributed by atoms with Gasteiger partial charge in [0.1, 0.15) is 11.6 Å². The number of hydrogen-bond donors (Lipinski definition) is 3. The molecular formula is C11H19N5. The number of anilines is 3. The molecule has 1 aliphatic rings. The monoisotopic (exact) mass is 221 g/mol. The summed E-state index contributed by atoms with van der Waals surface area (Å²) in [7, 11) is 0. The first kappa shape index (κ1) is 11.0. The summed E-state index contributed by atoms with van der Waals surface area (Å²) in [6, 6.07) is 1.72. The minimum Gasteiger partial charge on any atom is -0.383 e. The highest BCUT2D eigenvalue weighted by atomic mass is 15.1. The minimum atomic E-state index is 0.224. The Labute approximate surface area is 95.6 Å². The smallest absolute Gasteiger partial charge is 0.223 e. The van der Waals surface area contributed by atoms with Crippen molar-refractivity contribution in [2.24, 2.45) is 5.41 Å². The molecule has 0 spiro atoms. The van der Waals surface area contributed by atoms with Gasteiger partial charge >= 0.3 is 0 Å². The maximum Gasteiger partial charge on any atom is 0.223 e. The fraction of sp³-hybridized carbons (Fsp3) is 0.636. The Kier molecular flexibility index (Phi) is 2.85. The van der Waals surface area contributed by atoms with E-state index in [0.29, 0.717) is 11.2 Å². The molecule has 5 heteroatoms. The second-order valence-electron chi connectivity index (χ2n) is 4.60. The van der Waals surface area contributed by atoms with Crippen LogP contribution in [0.3, 0.4) is 0 Å². The van der Waals surface area contributed by atoms with Crippen LogP contribution < -0.4 is 16.8 Å². The van der Waals surface area contributed by atoms with Crippen molar-refractivity contribution >= 4 is 17.6 Å². The Bertz CT molecular complexity index is 347. The zero-order valence-electron chi connectivity index (χ0n) is 9.66. The van der Waals surface area contributed by atoms with E-state index in [1.54, 1.807) is 6.07 Å². The van der Waals surface area contributed by atoms with Gasteiger partial charge in [-0.15, -0.1) is 0 Å². The van der Waals surface area contributed by atoms with Crippen molar-refractivity contribution < 1.29 is 0 Å². The number of hydrogen-bond acceptors (Lipinski definition) is 5. The highest BCUT2D eigenvalue weighted by molar-refractivity contribution is 5.48. The summed E-state index contributed by atoms with van der Waals surface area (Å²) in [5.74, 6) is 1.36. The quantitative estimate of drug-likeness (QED) is 0.719. The first-order valence-electron chi connectivity index (χ1n) is 5.77. The number of nitrogen functional groups attached to an aromatic ring is 2. The molecule has 1 aromatic heterocycles. The van der Waals surface area contributed by atoms with E-state index in [4.69, 9.17) is 11.5 Å². The first-order chi connectivity index (χ1) is 7.63. The second-order valence-corrected chi connectivity index (χ2v) is 4.60. The summed E-state index contributed by atoms with van der Waals surface area (Å²) in [5, 5.41) is 3.31. The van der Waals surface area contributed by atoms with Crippen LogP contribution >= 0.6 is 0 Å². The summed E-state index contributed by atoms with van der Waals surface area (Å²) in [6.07, 6.45) is 5.14. The molecule has 1 aromatic rings. The summed E-state index contributed by atoms with van der Waals surface area (Å²) in [4.78, 5) is 7.94. The maximum atomic E-state index is 5.61. The van der Waals surface area contributed by atoms with Gasteiger partial charge in [0.25, 0.3) is 0 Å². The first-order valence-corrected chi connectivity index (χ1v) is 5.77. The van der Waals surface area contributed by atoms with Crippen molar-refractivity contribution in [3.05, 3.63) is 6.07 Å². The van der Waals surface area contributed by atoms with Crippen LogP contribution in [0.25, 0.3) is 0 Å². The van der Waals surface area contributed by atoms with Gasteiger partial charge in [0.2, 0.25) is 5.95 Å². The van der Waals surface area contributed by atoms with E-state index in [2.05, 4.69) is 22.2 Å². The van der Waals surface area contributed by atoms with Gasteiger partial charge in [0, 0.05) is 12.6 Å². The van der Waals surface area contributed by atoms with E-state index >= 15 is 0 Å². The minimum absolute atomic E-state index is 0.224. The highest BCUT2D eigenvalue weighted by Gasteiger charge is 2.34. The Balaban J connectivity index is 1.98. The normalized spacial score (nSPS) is 17.8. The fourth-order valence-corrected chi connectivity index (χ4v) is 2.19. The lowest BCUT2D eigenvalue weighted by Crippen LogP contribution is -2.36. The van der Waals surface area contributed by atoms with Gasteiger partial charge in [-0.3, -0.25) is 0 Å². The molecule has 1 aliphatic carbocycles. The van der Waals surface area contributed by atoms with Crippen LogP contribution in [-0.2, 0) is 0 Å². The summed E-state index contributed by atoms with van der Waals surface area (Å²) >= 11 is 0. The third kappa shape index (κ3) is 2.18. The van der Waals surface area contributed by atoms with Crippen LogP contribution in [0.1, 0.15) is 32.6 Å². The lowest BCUT2D eigenvalue weighted by Gasteiger charge is -2.41. The molecule has 0 amide bonds. The molecule has 0 bridgehead atoms. The summed E-state index contributed by atoms with van der Waals surface area (Å²) < 4.78 is 0. The maximum absolute atomic E-state index is 5.61. The molecule has 2 rings (SSSR count). The van der Waals surface area contributed by atoms with Crippen LogP contribution in [0.4, 0.5) is 17.6 Å². The number of nitrogens with two attached hydrogens (primary N) is 2. The number of rotatable bonds is 4. The van der Waals surface area contributed by atoms with E-state index in [0.717, 1.165) is 12.4 Å². The molecule has 0 radical (unpaired) electrons. The Morgan fingerprint density at radius 2 is 2.12 bits per heavy atom. The van der Waals surface area contributed by atoms with Crippen LogP contribution in [0.2, 0.25) is 0 Å². The number of nitrogens with one attached hydrogen (secondary N) is 1. The van der Waals surface area contributed by atoms with Gasteiger partial charge < -0.3 is 16.8 Å². The third-order valence-corrected chi connectivity index (χ3v) is 3.57. The van der Waals surface area contributed by atoms with Crippen LogP contribution in [0, 0.1) is 5.41 Å². The van der Waals surface area contributed by atoms with E-state index in [1.807, 2.05) is 0 Å². The molecule has 1 fully saturated rings. The molecule has 0 unspecified atom stereocenters. The average Bonchev–Trinajstić information content (AvgIpc) is 2.15. The van der Waals surface area contributed by atoms with Gasteiger partial charge in [-0.2, -0.15) is 9.97 Å². The van der Waals surface area contributed by atoms with E-state index in [-0.39, 0.29) is 5.95 Å². The second kappa shape index (κ2) is 4.15. The molecule has 88 valence electrons. The van der Waals surface area contributed by atoms with E-state index in [1.165, 1.54) is 25.7 Å². The Morgan fingerprint density at radius 1 is 1.38 bits per heavy atom. The van der Waals surface area contributed by atoms with Crippen molar-refractivity contribution in [3.8, 4) is 0 Å². The molecule has 0 saturated heterocycles. The molecule has 0 aliphatic heterocycles. The number of nitrogens with zero attached hydrogens (tertiary/aromatic N) is 2. The van der Waals surface area contributed by atoms with Crippen molar-refractivity contribution in [1.82, 2.24) is 9.97 Å². The molecule has 0 aromatic carbocycles. The van der Waals surface area contributed by atoms with Gasteiger partial charge in [-0.1, -0.05) is 13.3 Å². The largest absolute Gasteiger partial charge is 0.383 e. The average molecular weight is 221 g/mol. The standard InChI is InChI=1S/C11H19N5/c1-2-11(4-3-5-11)7-14-9-6-8(12)15-10(13)16-9/h6H,2-5,7H2,1H3,(H5,12,13,14,15,16). The molecule has 5 N–H and O–H groups in total. The Hall–Kier alpha value is -1.52. The third-order valence-electron chi connectivity index (χ3n) is 3.57. The molecule has 5 nitrogen and oxygen atoms in total. The highest BCUT2D eigenvalue weighted by Crippen LogP contribution is 2.43. The van der Waals surface area contributed by atoms with Crippen LogP contribution in [-0.4, -0.2) is 16.5 Å². The lowest BCUT2D eigenvalue weighted by molar-refractivity contribution is 0.145. The van der Waals surface area contributed by atoms with Crippen molar-refractivity contribution in [2.45, 2.75) is 32.6 Å². The molecule has 16 heavy (non-hydrogen) atoms. The zero-order chi connectivity index (χ0) is 11.6. The lowest BCUT2D eigenvalue weighted by atomic mass is 9.67. The van der Waals surface area contributed by atoms with E-state index < -0.39 is 0 Å². The van der Waals surface area contributed by atoms with Crippen LogP contribution in [0.5, 0.6) is 0 Å². The molecule has 1 heterocycles. The molecule has 0 atom stereocenters. The predicted octanol–water partition coefficient (Wildman–Crippen LogP) is 1.63. The van der Waals surface area contributed by atoms with Crippen molar-refractivity contribution in [2.75, 3.05) is 23.3 Å². The zero-order valence-corrected chi connectivity index (χ0v) is 9.66. The molecule has 1 saturated carbocycles. The van der Waals surface area contributed by atoms with Gasteiger partial charge in [0.05, 0.1) is 0 Å². The SMILES string of the molecule is CCC1(CNc2cc(N)nc(N)n2)CCC1. The predicted molar refractivity (Wildman–Crippen MR) is 65.9 cm³/mol. The number of aromatic nitrogens is 2. The van der Waals surface area contributed by atoms with Crippen molar-refractivity contribution in [3.63, 3.8) is 0 Å². The van der Waals surface area contributed by atoms with E-state index in [9.17, 15) is 0 Å². The van der Waals surface area contributed by atoms with Gasteiger partial charge in [-0.05, 0) is 24.7 Å². The van der Waals surface area contributed by atoms with Gasteiger partial charge in [0.15, 0.2) is 0 Å². The molecular weight excluding hydrogens is 202 g/mol.